The molecule has 1 atom stereocenters. The molecule has 86 valence electrons. The molecule has 0 rings (SSSR count). The molecule has 0 aliphatic heterocycles. The fraction of sp³-hybridized carbons (Fsp3) is 0.625. The van der Waals surface area contributed by atoms with Crippen LogP contribution in [-0.4, -0.2) is 54.6 Å². The SMILES string of the molecule is CNC(=O)C(C)NC(=O)N(C)CC(=O)O. The summed E-state index contributed by atoms with van der Waals surface area (Å²) in [5, 5.41) is 13.1. The molecule has 0 bridgehead atoms. The number of nitrogens with zero attached hydrogens (tertiary/aromatic N) is 1. The molecular formula is C8H15N3O4. The Kier molecular flexibility index (Phi) is 5.14. The van der Waals surface area contributed by atoms with Crippen LogP contribution in [0.3, 0.4) is 0 Å². The monoisotopic (exact) mass is 217 g/mol. The van der Waals surface area contributed by atoms with Crippen LogP contribution in [0.1, 0.15) is 6.92 Å². The van der Waals surface area contributed by atoms with Gasteiger partial charge in [0.2, 0.25) is 5.91 Å². The molecule has 0 spiro atoms. The summed E-state index contributed by atoms with van der Waals surface area (Å²) in [5.74, 6) is -1.45. The molecule has 3 N–H and O–H groups in total. The van der Waals surface area contributed by atoms with E-state index in [2.05, 4.69) is 10.6 Å². The maximum Gasteiger partial charge on any atom is 0.323 e. The third-order valence-corrected chi connectivity index (χ3v) is 1.70. The van der Waals surface area contributed by atoms with Gasteiger partial charge in [0.25, 0.3) is 0 Å². The van der Waals surface area contributed by atoms with Crippen molar-refractivity contribution in [3.05, 3.63) is 0 Å². The average molecular weight is 217 g/mol. The van der Waals surface area contributed by atoms with Crippen LogP contribution in [0.2, 0.25) is 0 Å². The van der Waals surface area contributed by atoms with Crippen LogP contribution >= 0.6 is 0 Å². The Balaban J connectivity index is 4.12. The first-order valence-electron chi connectivity index (χ1n) is 4.33. The van der Waals surface area contributed by atoms with Crippen molar-refractivity contribution in [3.8, 4) is 0 Å². The number of likely N-dealkylation sites (N-methyl/N-ethyl adjacent to an activating group) is 2. The van der Waals surface area contributed by atoms with Gasteiger partial charge in [0.1, 0.15) is 12.6 Å². The maximum atomic E-state index is 11.3. The second-order valence-corrected chi connectivity index (χ2v) is 3.04. The number of urea groups is 1. The lowest BCUT2D eigenvalue weighted by atomic mass is 10.3. The zero-order valence-corrected chi connectivity index (χ0v) is 8.90. The Morgan fingerprint density at radius 3 is 2.33 bits per heavy atom. The largest absolute Gasteiger partial charge is 0.480 e. The van der Waals surface area contributed by atoms with Gasteiger partial charge in [-0.1, -0.05) is 0 Å². The summed E-state index contributed by atoms with van der Waals surface area (Å²) in [7, 11) is 2.78. The minimum Gasteiger partial charge on any atom is -0.480 e. The number of carbonyl (C=O) groups is 3. The van der Waals surface area contributed by atoms with Crippen LogP contribution in [-0.2, 0) is 9.59 Å². The molecule has 0 radical (unpaired) electrons. The summed E-state index contributed by atoms with van der Waals surface area (Å²) in [6.07, 6.45) is 0. The third-order valence-electron chi connectivity index (χ3n) is 1.70. The summed E-state index contributed by atoms with van der Waals surface area (Å²) >= 11 is 0. The van der Waals surface area contributed by atoms with Gasteiger partial charge in [0.15, 0.2) is 0 Å². The Bertz CT molecular complexity index is 267. The van der Waals surface area contributed by atoms with Crippen molar-refractivity contribution < 1.29 is 19.5 Å². The zero-order chi connectivity index (χ0) is 12.0. The zero-order valence-electron chi connectivity index (χ0n) is 8.90. The van der Waals surface area contributed by atoms with E-state index in [9.17, 15) is 14.4 Å². The number of carboxylic acid groups (broad SMARTS) is 1. The van der Waals surface area contributed by atoms with Gasteiger partial charge in [-0.05, 0) is 6.92 Å². The number of rotatable bonds is 4. The van der Waals surface area contributed by atoms with Crippen molar-refractivity contribution in [3.63, 3.8) is 0 Å². The second kappa shape index (κ2) is 5.84. The molecule has 3 amide bonds. The molecule has 15 heavy (non-hydrogen) atoms. The van der Waals surface area contributed by atoms with Crippen molar-refractivity contribution >= 4 is 17.9 Å². The van der Waals surface area contributed by atoms with Crippen LogP contribution in [0.4, 0.5) is 4.79 Å². The highest BCUT2D eigenvalue weighted by atomic mass is 16.4. The van der Waals surface area contributed by atoms with Crippen molar-refractivity contribution in [1.82, 2.24) is 15.5 Å². The first-order valence-corrected chi connectivity index (χ1v) is 4.33. The minimum absolute atomic E-state index is 0.341. The third kappa shape index (κ3) is 4.84. The first kappa shape index (κ1) is 13.2. The predicted octanol–water partition coefficient (Wildman–Crippen LogP) is -1.15. The van der Waals surface area contributed by atoms with E-state index in [1.165, 1.54) is 21.0 Å². The van der Waals surface area contributed by atoms with E-state index in [-0.39, 0.29) is 5.91 Å². The lowest BCUT2D eigenvalue weighted by Gasteiger charge is -2.18. The number of carbonyl (C=O) groups excluding carboxylic acids is 2. The molecule has 0 aromatic rings. The quantitative estimate of drug-likeness (QED) is 0.553. The maximum absolute atomic E-state index is 11.3. The van der Waals surface area contributed by atoms with Gasteiger partial charge < -0.3 is 20.6 Å². The van der Waals surface area contributed by atoms with E-state index < -0.39 is 24.6 Å². The van der Waals surface area contributed by atoms with Crippen LogP contribution in [0, 0.1) is 0 Å². The molecule has 0 heterocycles. The number of nitrogens with one attached hydrogen (secondary N) is 2. The standard InChI is InChI=1S/C8H15N3O4/c1-5(7(14)9-2)10-8(15)11(3)4-6(12)13/h5H,4H2,1-3H3,(H,9,14)(H,10,15)(H,12,13). The highest BCUT2D eigenvalue weighted by molar-refractivity contribution is 5.87. The molecular weight excluding hydrogens is 202 g/mol. The van der Waals surface area contributed by atoms with Crippen molar-refractivity contribution in [1.29, 1.82) is 0 Å². The van der Waals surface area contributed by atoms with Crippen LogP contribution in [0.25, 0.3) is 0 Å². The van der Waals surface area contributed by atoms with Crippen molar-refractivity contribution in [2.45, 2.75) is 13.0 Å². The number of amides is 3. The lowest BCUT2D eigenvalue weighted by Crippen LogP contribution is -2.49. The molecule has 0 saturated carbocycles. The highest BCUT2D eigenvalue weighted by Gasteiger charge is 2.17. The average Bonchev–Trinajstić information content (AvgIpc) is 2.15. The number of carboxylic acids is 1. The van der Waals surface area contributed by atoms with Crippen LogP contribution < -0.4 is 10.6 Å². The first-order chi connectivity index (χ1) is 6.88. The topological polar surface area (TPSA) is 98.7 Å². The van der Waals surface area contributed by atoms with Gasteiger partial charge in [-0.3, -0.25) is 9.59 Å². The number of hydrogen-bond acceptors (Lipinski definition) is 3. The molecule has 0 saturated heterocycles. The van der Waals surface area contributed by atoms with Crippen LogP contribution in [0.15, 0.2) is 0 Å². The molecule has 0 aliphatic rings. The lowest BCUT2D eigenvalue weighted by molar-refractivity contribution is -0.137. The Morgan fingerprint density at radius 2 is 1.93 bits per heavy atom. The molecule has 0 aliphatic carbocycles. The van der Waals surface area contributed by atoms with Gasteiger partial charge in [-0.2, -0.15) is 0 Å². The molecule has 0 fully saturated rings. The summed E-state index contributed by atoms with van der Waals surface area (Å²) in [6.45, 7) is 1.09. The number of hydrogen-bond donors (Lipinski definition) is 3. The van der Waals surface area contributed by atoms with Gasteiger partial charge in [-0.15, -0.1) is 0 Å². The smallest absolute Gasteiger partial charge is 0.323 e. The normalized spacial score (nSPS) is 11.4. The Morgan fingerprint density at radius 1 is 1.40 bits per heavy atom. The van der Waals surface area contributed by atoms with E-state index in [4.69, 9.17) is 5.11 Å². The van der Waals surface area contributed by atoms with E-state index in [1.54, 1.807) is 0 Å². The summed E-state index contributed by atoms with van der Waals surface area (Å²) < 4.78 is 0. The van der Waals surface area contributed by atoms with E-state index in [0.717, 1.165) is 4.90 Å². The van der Waals surface area contributed by atoms with E-state index in [1.807, 2.05) is 0 Å². The van der Waals surface area contributed by atoms with Crippen molar-refractivity contribution in [2.75, 3.05) is 20.6 Å². The minimum atomic E-state index is -1.11. The molecule has 7 heteroatoms. The molecule has 0 aromatic carbocycles. The Labute approximate surface area is 87.4 Å². The summed E-state index contributed by atoms with van der Waals surface area (Å²) in [5.41, 5.74) is 0. The summed E-state index contributed by atoms with van der Waals surface area (Å²) in [4.78, 5) is 33.6. The van der Waals surface area contributed by atoms with Gasteiger partial charge in [0, 0.05) is 14.1 Å². The van der Waals surface area contributed by atoms with Crippen molar-refractivity contribution in [2.24, 2.45) is 0 Å². The van der Waals surface area contributed by atoms with Gasteiger partial charge in [0.05, 0.1) is 0 Å². The fourth-order valence-electron chi connectivity index (χ4n) is 0.852. The van der Waals surface area contributed by atoms with Crippen LogP contribution in [0.5, 0.6) is 0 Å². The predicted molar refractivity (Wildman–Crippen MR) is 52.3 cm³/mol. The molecule has 7 nitrogen and oxygen atoms in total. The second-order valence-electron chi connectivity index (χ2n) is 3.04. The van der Waals surface area contributed by atoms with Gasteiger partial charge >= 0.3 is 12.0 Å². The van der Waals surface area contributed by atoms with E-state index >= 15 is 0 Å². The van der Waals surface area contributed by atoms with E-state index in [0.29, 0.717) is 0 Å². The Hall–Kier alpha value is -1.79. The summed E-state index contributed by atoms with van der Waals surface area (Å²) in [6, 6.07) is -1.30. The number of aliphatic carboxylic acids is 1. The molecule has 0 aromatic heterocycles. The highest BCUT2D eigenvalue weighted by Crippen LogP contribution is 1.88. The van der Waals surface area contributed by atoms with Gasteiger partial charge in [-0.25, -0.2) is 4.79 Å². The fourth-order valence-corrected chi connectivity index (χ4v) is 0.852. The molecule has 1 unspecified atom stereocenters.